The van der Waals surface area contributed by atoms with Gasteiger partial charge in [-0.2, -0.15) is 0 Å². The quantitative estimate of drug-likeness (QED) is 0.476. The van der Waals surface area contributed by atoms with Crippen LogP contribution in [-0.4, -0.2) is 7.11 Å². The van der Waals surface area contributed by atoms with Crippen molar-refractivity contribution in [2.45, 2.75) is 12.8 Å². The zero-order valence-corrected chi connectivity index (χ0v) is 4.55. The zero-order valence-electron chi connectivity index (χ0n) is 4.55. The minimum Gasteiger partial charge on any atom is -0.505 e. The average molecular weight is 98.1 g/mol. The summed E-state index contributed by atoms with van der Waals surface area (Å²) < 4.78 is 4.71. The van der Waals surface area contributed by atoms with E-state index in [0.29, 0.717) is 0 Å². The molecule has 0 aromatic heterocycles. The number of allylic oxidation sites excluding steroid dienone is 1. The van der Waals surface area contributed by atoms with Crippen molar-refractivity contribution < 1.29 is 4.74 Å². The van der Waals surface area contributed by atoms with Gasteiger partial charge in [0.25, 0.3) is 0 Å². The van der Waals surface area contributed by atoms with Crippen LogP contribution in [0.2, 0.25) is 0 Å². The number of rotatable bonds is 2. The van der Waals surface area contributed by atoms with E-state index in [0.717, 1.165) is 5.92 Å². The molecule has 1 heteroatoms. The minimum absolute atomic E-state index is 0.847. The van der Waals surface area contributed by atoms with Crippen LogP contribution in [0.1, 0.15) is 12.8 Å². The van der Waals surface area contributed by atoms with Crippen LogP contribution in [0.4, 0.5) is 0 Å². The van der Waals surface area contributed by atoms with Crippen molar-refractivity contribution in [3.8, 4) is 0 Å². The van der Waals surface area contributed by atoms with E-state index >= 15 is 0 Å². The molecule has 0 aromatic rings. The van der Waals surface area contributed by atoms with E-state index in [1.54, 1.807) is 13.4 Å². The molecule has 0 N–H and O–H groups in total. The number of hydrogen-bond acceptors (Lipinski definition) is 1. The maximum atomic E-state index is 4.71. The number of ether oxygens (including phenoxy) is 1. The monoisotopic (exact) mass is 98.1 g/mol. The molecule has 7 heavy (non-hydrogen) atoms. The molecule has 40 valence electrons. The van der Waals surface area contributed by atoms with Crippen LogP contribution >= 0.6 is 0 Å². The summed E-state index contributed by atoms with van der Waals surface area (Å²) >= 11 is 0. The van der Waals surface area contributed by atoms with Crippen LogP contribution in [-0.2, 0) is 4.74 Å². The van der Waals surface area contributed by atoms with E-state index in [4.69, 9.17) is 4.74 Å². The topological polar surface area (TPSA) is 9.23 Å². The Morgan fingerprint density at radius 3 is 2.71 bits per heavy atom. The largest absolute Gasteiger partial charge is 0.505 e. The van der Waals surface area contributed by atoms with Gasteiger partial charge in [-0.15, -0.1) is 0 Å². The first-order valence-electron chi connectivity index (χ1n) is 2.63. The highest BCUT2D eigenvalue weighted by atomic mass is 16.5. The molecule has 1 rings (SSSR count). The van der Waals surface area contributed by atoms with E-state index in [1.807, 2.05) is 0 Å². The molecule has 1 saturated carbocycles. The van der Waals surface area contributed by atoms with Crippen molar-refractivity contribution in [2.75, 3.05) is 7.11 Å². The van der Waals surface area contributed by atoms with Gasteiger partial charge in [0, 0.05) is 0 Å². The zero-order chi connectivity index (χ0) is 5.11. The SMILES string of the molecule is COC=CC1CC1. The third-order valence-electron chi connectivity index (χ3n) is 1.11. The van der Waals surface area contributed by atoms with Gasteiger partial charge < -0.3 is 4.74 Å². The molecule has 0 aliphatic heterocycles. The molecule has 1 aliphatic rings. The molecule has 0 spiro atoms. The van der Waals surface area contributed by atoms with Gasteiger partial charge in [-0.25, -0.2) is 0 Å². The molecule has 0 heterocycles. The van der Waals surface area contributed by atoms with Crippen LogP contribution in [0.15, 0.2) is 12.3 Å². The summed E-state index contributed by atoms with van der Waals surface area (Å²) in [5.41, 5.74) is 0. The maximum Gasteiger partial charge on any atom is 0.0787 e. The van der Waals surface area contributed by atoms with Gasteiger partial charge in [-0.3, -0.25) is 0 Å². The first-order chi connectivity index (χ1) is 3.43. The van der Waals surface area contributed by atoms with Gasteiger partial charge in [0.05, 0.1) is 13.4 Å². The summed E-state index contributed by atoms with van der Waals surface area (Å²) in [4.78, 5) is 0. The second-order valence-corrected chi connectivity index (χ2v) is 1.90. The smallest absolute Gasteiger partial charge is 0.0787 e. The Bertz CT molecular complexity index is 72.2. The highest BCUT2D eigenvalue weighted by Crippen LogP contribution is 2.29. The molecule has 0 atom stereocenters. The van der Waals surface area contributed by atoms with Crippen molar-refractivity contribution in [1.82, 2.24) is 0 Å². The molecule has 1 nitrogen and oxygen atoms in total. The van der Waals surface area contributed by atoms with Crippen LogP contribution < -0.4 is 0 Å². The molecule has 0 aromatic carbocycles. The van der Waals surface area contributed by atoms with Crippen molar-refractivity contribution in [2.24, 2.45) is 5.92 Å². The Morgan fingerprint density at radius 2 is 2.29 bits per heavy atom. The predicted octanol–water partition coefficient (Wildman–Crippen LogP) is 1.56. The first kappa shape index (κ1) is 4.69. The number of methoxy groups -OCH3 is 1. The molecular weight excluding hydrogens is 88.1 g/mol. The van der Waals surface area contributed by atoms with Crippen molar-refractivity contribution in [1.29, 1.82) is 0 Å². The Labute approximate surface area is 44.0 Å². The summed E-state index contributed by atoms with van der Waals surface area (Å²) in [6, 6.07) is 0. The Balaban J connectivity index is 2.05. The fraction of sp³-hybridized carbons (Fsp3) is 0.667. The lowest BCUT2D eigenvalue weighted by Gasteiger charge is -1.81. The van der Waals surface area contributed by atoms with Crippen LogP contribution in [0.3, 0.4) is 0 Å². The van der Waals surface area contributed by atoms with Crippen molar-refractivity contribution in [3.05, 3.63) is 12.3 Å². The fourth-order valence-electron chi connectivity index (χ4n) is 0.478. The van der Waals surface area contributed by atoms with E-state index in [-0.39, 0.29) is 0 Å². The van der Waals surface area contributed by atoms with Gasteiger partial charge in [0.2, 0.25) is 0 Å². The van der Waals surface area contributed by atoms with Gasteiger partial charge in [-0.1, -0.05) is 0 Å². The minimum atomic E-state index is 0.847. The van der Waals surface area contributed by atoms with E-state index in [9.17, 15) is 0 Å². The molecule has 0 bridgehead atoms. The van der Waals surface area contributed by atoms with Gasteiger partial charge in [0.1, 0.15) is 0 Å². The summed E-state index contributed by atoms with van der Waals surface area (Å²) in [6.45, 7) is 0. The highest BCUT2D eigenvalue weighted by molar-refractivity contribution is 4.91. The molecular formula is C6H10O. The van der Waals surface area contributed by atoms with E-state index in [2.05, 4.69) is 6.08 Å². The molecule has 0 amide bonds. The highest BCUT2D eigenvalue weighted by Gasteiger charge is 2.16. The van der Waals surface area contributed by atoms with E-state index < -0.39 is 0 Å². The molecule has 1 aliphatic carbocycles. The molecule has 1 fully saturated rings. The third kappa shape index (κ3) is 1.62. The summed E-state index contributed by atoms with van der Waals surface area (Å²) in [7, 11) is 1.68. The normalized spacial score (nSPS) is 20.7. The van der Waals surface area contributed by atoms with Crippen molar-refractivity contribution >= 4 is 0 Å². The van der Waals surface area contributed by atoms with Crippen LogP contribution in [0.5, 0.6) is 0 Å². The molecule has 0 unspecified atom stereocenters. The average Bonchev–Trinajstić information content (AvgIpc) is 2.42. The predicted molar refractivity (Wildman–Crippen MR) is 28.9 cm³/mol. The Hall–Kier alpha value is -0.460. The standard InChI is InChI=1S/C6H10O/c1-7-5-4-6-2-3-6/h4-6H,2-3H2,1H3. The second-order valence-electron chi connectivity index (χ2n) is 1.90. The van der Waals surface area contributed by atoms with Crippen molar-refractivity contribution in [3.63, 3.8) is 0 Å². The maximum absolute atomic E-state index is 4.71. The van der Waals surface area contributed by atoms with Gasteiger partial charge in [-0.05, 0) is 24.8 Å². The first-order valence-corrected chi connectivity index (χ1v) is 2.63. The Morgan fingerprint density at radius 1 is 1.57 bits per heavy atom. The van der Waals surface area contributed by atoms with Crippen LogP contribution in [0, 0.1) is 5.92 Å². The number of hydrogen-bond donors (Lipinski definition) is 0. The lowest BCUT2D eigenvalue weighted by Crippen LogP contribution is -1.65. The molecule has 0 radical (unpaired) electrons. The summed E-state index contributed by atoms with van der Waals surface area (Å²) in [5, 5.41) is 0. The summed E-state index contributed by atoms with van der Waals surface area (Å²) in [6.07, 6.45) is 6.59. The Kier molecular flexibility index (Phi) is 1.35. The fourth-order valence-corrected chi connectivity index (χ4v) is 0.478. The second kappa shape index (κ2) is 2.01. The summed E-state index contributed by atoms with van der Waals surface area (Å²) in [5.74, 6) is 0.847. The third-order valence-corrected chi connectivity index (χ3v) is 1.11. The van der Waals surface area contributed by atoms with Gasteiger partial charge >= 0.3 is 0 Å². The molecule has 0 saturated heterocycles. The van der Waals surface area contributed by atoms with E-state index in [1.165, 1.54) is 12.8 Å². The van der Waals surface area contributed by atoms with Crippen LogP contribution in [0.25, 0.3) is 0 Å². The lowest BCUT2D eigenvalue weighted by atomic mass is 10.4. The van der Waals surface area contributed by atoms with Gasteiger partial charge in [0.15, 0.2) is 0 Å². The lowest BCUT2D eigenvalue weighted by molar-refractivity contribution is 0.336.